The van der Waals surface area contributed by atoms with Crippen LogP contribution in [0.15, 0.2) is 41.5 Å². The maximum absolute atomic E-state index is 13.9. The highest BCUT2D eigenvalue weighted by Crippen LogP contribution is 2.76. The Balaban J connectivity index is 1.11. The molecule has 0 saturated heterocycles. The van der Waals surface area contributed by atoms with Crippen LogP contribution in [0.1, 0.15) is 132 Å². The molecule has 0 heterocycles. The van der Waals surface area contributed by atoms with Crippen LogP contribution in [0.3, 0.4) is 0 Å². The second-order valence-corrected chi connectivity index (χ2v) is 19.9. The molecule has 0 radical (unpaired) electrons. The van der Waals surface area contributed by atoms with E-state index in [4.69, 9.17) is 4.74 Å². The van der Waals surface area contributed by atoms with Gasteiger partial charge in [-0.3, -0.25) is 14.4 Å². The second kappa shape index (κ2) is 11.3. The van der Waals surface area contributed by atoms with Crippen LogP contribution in [0.25, 0.3) is 0 Å². The smallest absolute Gasteiger partial charge is 0.314 e. The molecule has 6 aliphatic rings. The maximum atomic E-state index is 13.9. The predicted octanol–water partition coefficient (Wildman–Crippen LogP) is 9.87. The van der Waals surface area contributed by atoms with Gasteiger partial charge < -0.3 is 9.84 Å². The number of carboxylic acids is 1. The fraction of sp³-hybridized carbons (Fsp3) is 0.750. The molecule has 268 valence electrons. The molecule has 5 nitrogen and oxygen atoms in total. The maximum Gasteiger partial charge on any atom is 0.314 e. The van der Waals surface area contributed by atoms with E-state index in [-0.39, 0.29) is 69.1 Å². The summed E-state index contributed by atoms with van der Waals surface area (Å²) in [7, 11) is 0. The molecule has 0 bridgehead atoms. The van der Waals surface area contributed by atoms with Gasteiger partial charge in [0, 0.05) is 11.8 Å². The van der Waals surface area contributed by atoms with Crippen molar-refractivity contribution in [2.45, 2.75) is 139 Å². The van der Waals surface area contributed by atoms with Gasteiger partial charge in [0.25, 0.3) is 0 Å². The number of fused-ring (bicyclic) bond motifs is 7. The average molecular weight is 671 g/mol. The molecule has 1 N–H and O–H groups in total. The monoisotopic (exact) mass is 670 g/mol. The molecule has 10 atom stereocenters. The summed E-state index contributed by atoms with van der Waals surface area (Å²) in [5.41, 5.74) is 2.10. The first-order chi connectivity index (χ1) is 22.8. The van der Waals surface area contributed by atoms with Gasteiger partial charge in [-0.25, -0.2) is 0 Å². The van der Waals surface area contributed by atoms with E-state index in [1.165, 1.54) is 5.56 Å². The SMILES string of the molecule is CC(C)C1=C2[C@H]3CC[C@@H]4[C@@]5(C)CC[C@H](OC(=O)[C@H]6C[C@@H](Cc7ccccc7)C6(C)C)C(C)(C)[C@@H]5CC[C@@]4(C)[C@]3(C)CC[C@@]2(C(=O)O)CC1=O. The largest absolute Gasteiger partial charge is 0.481 e. The van der Waals surface area contributed by atoms with Gasteiger partial charge in [0.05, 0.1) is 11.3 Å². The van der Waals surface area contributed by atoms with E-state index in [0.29, 0.717) is 24.2 Å². The first kappa shape index (κ1) is 35.0. The number of hydrogen-bond acceptors (Lipinski definition) is 4. The lowest BCUT2D eigenvalue weighted by Gasteiger charge is -2.72. The molecule has 7 rings (SSSR count). The zero-order valence-corrected chi connectivity index (χ0v) is 31.8. The van der Waals surface area contributed by atoms with Crippen LogP contribution in [0.4, 0.5) is 0 Å². The Morgan fingerprint density at radius 2 is 1.53 bits per heavy atom. The minimum Gasteiger partial charge on any atom is -0.481 e. The minimum absolute atomic E-state index is 0.00844. The van der Waals surface area contributed by atoms with Crippen molar-refractivity contribution >= 4 is 17.7 Å². The van der Waals surface area contributed by atoms with E-state index < -0.39 is 11.4 Å². The number of esters is 1. The molecule has 6 aliphatic carbocycles. The lowest BCUT2D eigenvalue weighted by molar-refractivity contribution is -0.236. The third-order valence-corrected chi connectivity index (χ3v) is 17.1. The van der Waals surface area contributed by atoms with Gasteiger partial charge in [0.1, 0.15) is 6.10 Å². The van der Waals surface area contributed by atoms with Gasteiger partial charge in [-0.15, -0.1) is 0 Å². The number of hydrogen-bond donors (Lipinski definition) is 1. The van der Waals surface area contributed by atoms with E-state index >= 15 is 0 Å². The van der Waals surface area contributed by atoms with Crippen molar-refractivity contribution in [3.8, 4) is 0 Å². The first-order valence-corrected chi connectivity index (χ1v) is 19.6. The Morgan fingerprint density at radius 1 is 0.837 bits per heavy atom. The zero-order valence-electron chi connectivity index (χ0n) is 31.8. The lowest BCUT2D eigenvalue weighted by atomic mass is 9.33. The number of benzene rings is 1. The highest BCUT2D eigenvalue weighted by molar-refractivity contribution is 6.05. The predicted molar refractivity (Wildman–Crippen MR) is 192 cm³/mol. The Hall–Kier alpha value is -2.43. The van der Waals surface area contributed by atoms with Gasteiger partial charge in [0.2, 0.25) is 0 Å². The van der Waals surface area contributed by atoms with Crippen molar-refractivity contribution in [3.05, 3.63) is 47.0 Å². The number of carbonyl (C=O) groups is 3. The number of carboxylic acid groups (broad SMARTS) is 1. The number of rotatable bonds is 6. The summed E-state index contributed by atoms with van der Waals surface area (Å²) in [6.07, 6.45) is 9.62. The van der Waals surface area contributed by atoms with Crippen LogP contribution < -0.4 is 0 Å². The fourth-order valence-corrected chi connectivity index (χ4v) is 13.9. The summed E-state index contributed by atoms with van der Waals surface area (Å²) >= 11 is 0. The lowest BCUT2D eigenvalue weighted by Crippen LogP contribution is -2.66. The Bertz CT molecular complexity index is 1570. The number of allylic oxidation sites excluding steroid dienone is 1. The van der Waals surface area contributed by atoms with Crippen molar-refractivity contribution in [3.63, 3.8) is 0 Å². The first-order valence-electron chi connectivity index (χ1n) is 19.6. The summed E-state index contributed by atoms with van der Waals surface area (Å²) < 4.78 is 6.60. The standard InChI is InChI=1S/C44H62O5/c1-26(2)35-31(45)25-44(38(47)48)22-21-42(8)29(36(35)44)15-16-33-41(7)19-18-34(40(5,6)32(41)17-20-43(33,42)9)49-37(46)30-24-28(39(30,3)4)23-27-13-11-10-12-14-27/h10-14,26,28-30,32-34H,15-25H2,1-9H3,(H,47,48)/t28-,29-,30-,32+,33-,34+,41+,42-,43-,44-/m1/s1. The summed E-state index contributed by atoms with van der Waals surface area (Å²) in [6, 6.07) is 10.6. The van der Waals surface area contributed by atoms with Crippen LogP contribution in [0, 0.1) is 68.0 Å². The van der Waals surface area contributed by atoms with E-state index in [2.05, 4.69) is 92.6 Å². The van der Waals surface area contributed by atoms with Crippen molar-refractivity contribution in [2.75, 3.05) is 0 Å². The highest BCUT2D eigenvalue weighted by atomic mass is 16.5. The molecule has 5 saturated carbocycles. The van der Waals surface area contributed by atoms with Gasteiger partial charge in [-0.1, -0.05) is 92.6 Å². The molecule has 0 aliphatic heterocycles. The highest BCUT2D eigenvalue weighted by Gasteiger charge is 2.71. The van der Waals surface area contributed by atoms with Gasteiger partial charge in [0.15, 0.2) is 5.78 Å². The number of Topliss-reactive ketones (excluding diaryl/α,β-unsaturated/α-hetero) is 1. The van der Waals surface area contributed by atoms with Crippen molar-refractivity contribution < 1.29 is 24.2 Å². The quantitative estimate of drug-likeness (QED) is 0.305. The summed E-state index contributed by atoms with van der Waals surface area (Å²) in [4.78, 5) is 40.4. The molecule has 5 fully saturated rings. The number of carbonyl (C=O) groups excluding carboxylic acids is 2. The van der Waals surface area contributed by atoms with Crippen LogP contribution in [0.5, 0.6) is 0 Å². The normalized spacial score (nSPS) is 43.5. The number of aliphatic carboxylic acids is 1. The molecule has 0 amide bonds. The van der Waals surface area contributed by atoms with E-state index in [1.807, 2.05) is 0 Å². The molecule has 1 aromatic carbocycles. The van der Waals surface area contributed by atoms with E-state index in [9.17, 15) is 19.5 Å². The molecule has 49 heavy (non-hydrogen) atoms. The Labute approximate surface area is 295 Å². The van der Waals surface area contributed by atoms with Crippen molar-refractivity contribution in [1.29, 1.82) is 0 Å². The Morgan fingerprint density at radius 3 is 2.16 bits per heavy atom. The zero-order chi connectivity index (χ0) is 35.5. The summed E-state index contributed by atoms with van der Waals surface area (Å²) in [5, 5.41) is 10.7. The molecule has 5 heteroatoms. The van der Waals surface area contributed by atoms with Crippen LogP contribution >= 0.6 is 0 Å². The van der Waals surface area contributed by atoms with Gasteiger partial charge in [-0.2, -0.15) is 0 Å². The average Bonchev–Trinajstić information content (AvgIpc) is 3.34. The number of ketones is 1. The topological polar surface area (TPSA) is 80.7 Å². The molecule has 0 spiro atoms. The van der Waals surface area contributed by atoms with Gasteiger partial charge in [-0.05, 0) is 132 Å². The molecule has 1 aromatic rings. The van der Waals surface area contributed by atoms with Crippen LogP contribution in [-0.2, 0) is 25.5 Å². The van der Waals surface area contributed by atoms with E-state index in [1.54, 1.807) is 0 Å². The molecular weight excluding hydrogens is 608 g/mol. The minimum atomic E-state index is -1.01. The molecule has 0 aromatic heterocycles. The van der Waals surface area contributed by atoms with Crippen LogP contribution in [0.2, 0.25) is 0 Å². The Kier molecular flexibility index (Phi) is 8.06. The fourth-order valence-electron chi connectivity index (χ4n) is 13.9. The van der Waals surface area contributed by atoms with Crippen molar-refractivity contribution in [2.24, 2.45) is 68.0 Å². The third-order valence-electron chi connectivity index (χ3n) is 17.1. The van der Waals surface area contributed by atoms with Crippen LogP contribution in [-0.4, -0.2) is 28.9 Å². The number of ether oxygens (including phenoxy) is 1. The van der Waals surface area contributed by atoms with Gasteiger partial charge >= 0.3 is 11.9 Å². The summed E-state index contributed by atoms with van der Waals surface area (Å²) in [6.45, 7) is 21.0. The van der Waals surface area contributed by atoms with Crippen molar-refractivity contribution in [1.82, 2.24) is 0 Å². The molecular formula is C44H62O5. The summed E-state index contributed by atoms with van der Waals surface area (Å²) in [5.74, 6) is 0.879. The van der Waals surface area contributed by atoms with E-state index in [0.717, 1.165) is 68.9 Å². The molecule has 0 unspecified atom stereocenters. The second-order valence-electron chi connectivity index (χ2n) is 19.9. The third kappa shape index (κ3) is 4.71.